The van der Waals surface area contributed by atoms with Crippen molar-refractivity contribution in [3.05, 3.63) is 47.0 Å². The van der Waals surface area contributed by atoms with E-state index in [1.807, 2.05) is 44.2 Å². The van der Waals surface area contributed by atoms with E-state index in [1.165, 1.54) is 0 Å². The lowest BCUT2D eigenvalue weighted by Gasteiger charge is -2.10. The molecule has 0 radical (unpaired) electrons. The molecule has 2 N–H and O–H groups in total. The number of fused-ring (bicyclic) bond motifs is 1. The van der Waals surface area contributed by atoms with Gasteiger partial charge in [-0.2, -0.15) is 0 Å². The van der Waals surface area contributed by atoms with Crippen molar-refractivity contribution in [1.82, 2.24) is 4.98 Å². The summed E-state index contributed by atoms with van der Waals surface area (Å²) in [5.74, 6) is 0.381. The first-order valence-electron chi connectivity index (χ1n) is 8.01. The number of nitrogens with one attached hydrogen (secondary N) is 1. The minimum absolute atomic E-state index is 0.0476. The number of carboxylic acid groups (broad SMARTS) is 1. The van der Waals surface area contributed by atoms with Crippen LogP contribution in [0.1, 0.15) is 16.7 Å². The van der Waals surface area contributed by atoms with Crippen LogP contribution in [0.25, 0.3) is 22.2 Å². The lowest BCUT2D eigenvalue weighted by atomic mass is 9.98. The molecule has 5 nitrogen and oxygen atoms in total. The highest BCUT2D eigenvalue weighted by atomic mass is 16.5. The van der Waals surface area contributed by atoms with E-state index in [-0.39, 0.29) is 6.42 Å². The molecule has 0 aliphatic rings. The number of H-pyrrole nitrogens is 1. The van der Waals surface area contributed by atoms with Crippen LogP contribution in [0.4, 0.5) is 0 Å². The number of carbonyl (C=O) groups is 1. The first kappa shape index (κ1) is 16.9. The monoisotopic (exact) mass is 339 g/mol. The van der Waals surface area contributed by atoms with E-state index >= 15 is 0 Å². The third-order valence-corrected chi connectivity index (χ3v) is 4.48. The fourth-order valence-electron chi connectivity index (χ4n) is 3.25. The zero-order valence-electron chi connectivity index (χ0n) is 14.8. The second-order valence-corrected chi connectivity index (χ2v) is 6.07. The molecule has 0 aliphatic heterocycles. The molecular weight excluding hydrogens is 318 g/mol. The second-order valence-electron chi connectivity index (χ2n) is 6.07. The summed E-state index contributed by atoms with van der Waals surface area (Å²) in [5, 5.41) is 10.4. The molecule has 5 heteroatoms. The molecule has 0 saturated carbocycles. The van der Waals surface area contributed by atoms with Crippen molar-refractivity contribution in [2.75, 3.05) is 14.2 Å². The van der Waals surface area contributed by atoms with Crippen molar-refractivity contribution >= 4 is 16.9 Å². The lowest BCUT2D eigenvalue weighted by Crippen LogP contribution is -2.01. The third-order valence-electron chi connectivity index (χ3n) is 4.48. The van der Waals surface area contributed by atoms with Crippen LogP contribution in [-0.4, -0.2) is 30.3 Å². The van der Waals surface area contributed by atoms with Crippen molar-refractivity contribution in [3.63, 3.8) is 0 Å². The van der Waals surface area contributed by atoms with Crippen LogP contribution < -0.4 is 9.47 Å². The average Bonchev–Trinajstić information content (AvgIpc) is 2.97. The van der Waals surface area contributed by atoms with Gasteiger partial charge in [0.25, 0.3) is 0 Å². The summed E-state index contributed by atoms with van der Waals surface area (Å²) in [6.07, 6.45) is -0.0476. The molecule has 0 aliphatic carbocycles. The molecule has 0 atom stereocenters. The highest BCUT2D eigenvalue weighted by Gasteiger charge is 2.19. The third kappa shape index (κ3) is 2.93. The molecular formula is C20H21NO4. The predicted molar refractivity (Wildman–Crippen MR) is 97.7 cm³/mol. The van der Waals surface area contributed by atoms with Gasteiger partial charge in [0, 0.05) is 16.5 Å². The Balaban J connectivity index is 2.30. The minimum atomic E-state index is -0.858. The summed E-state index contributed by atoms with van der Waals surface area (Å²) in [7, 11) is 3.17. The molecule has 0 fully saturated rings. The average molecular weight is 339 g/mol. The largest absolute Gasteiger partial charge is 0.493 e. The number of benzene rings is 2. The Morgan fingerprint density at radius 1 is 1.04 bits per heavy atom. The zero-order chi connectivity index (χ0) is 18.1. The van der Waals surface area contributed by atoms with Crippen molar-refractivity contribution in [1.29, 1.82) is 0 Å². The van der Waals surface area contributed by atoms with Gasteiger partial charge in [-0.3, -0.25) is 4.79 Å². The van der Waals surface area contributed by atoms with E-state index in [0.717, 1.165) is 38.9 Å². The maximum absolute atomic E-state index is 11.5. The van der Waals surface area contributed by atoms with E-state index in [1.54, 1.807) is 14.2 Å². The van der Waals surface area contributed by atoms with Crippen LogP contribution in [0.15, 0.2) is 30.3 Å². The molecule has 1 aromatic heterocycles. The maximum atomic E-state index is 11.5. The summed E-state index contributed by atoms with van der Waals surface area (Å²) in [6.45, 7) is 4.01. The first-order chi connectivity index (χ1) is 12.0. The van der Waals surface area contributed by atoms with Crippen LogP contribution in [0, 0.1) is 13.8 Å². The van der Waals surface area contributed by atoms with Gasteiger partial charge in [0.2, 0.25) is 0 Å². The molecule has 0 bridgehead atoms. The minimum Gasteiger partial charge on any atom is -0.493 e. The second kappa shape index (κ2) is 6.51. The van der Waals surface area contributed by atoms with Crippen LogP contribution in [0.3, 0.4) is 0 Å². The Labute approximate surface area is 146 Å². The number of aromatic nitrogens is 1. The van der Waals surface area contributed by atoms with Crippen molar-refractivity contribution in [2.24, 2.45) is 0 Å². The van der Waals surface area contributed by atoms with Gasteiger partial charge >= 0.3 is 5.97 Å². The lowest BCUT2D eigenvalue weighted by molar-refractivity contribution is -0.136. The topological polar surface area (TPSA) is 71.6 Å². The summed E-state index contributed by atoms with van der Waals surface area (Å²) < 4.78 is 10.7. The summed E-state index contributed by atoms with van der Waals surface area (Å²) in [5.41, 5.74) is 5.57. The SMILES string of the molecule is COc1ccc(-c2[nH]c3c(C)ccc(C)c3c2CC(=O)O)cc1OC. The molecule has 3 rings (SSSR count). The molecule has 130 valence electrons. The molecule has 1 heterocycles. The van der Waals surface area contributed by atoms with E-state index in [9.17, 15) is 9.90 Å². The van der Waals surface area contributed by atoms with Crippen LogP contribution in [-0.2, 0) is 11.2 Å². The number of hydrogen-bond acceptors (Lipinski definition) is 3. The first-order valence-corrected chi connectivity index (χ1v) is 8.01. The Morgan fingerprint density at radius 2 is 1.72 bits per heavy atom. The number of methoxy groups -OCH3 is 2. The quantitative estimate of drug-likeness (QED) is 0.734. The Morgan fingerprint density at radius 3 is 2.36 bits per heavy atom. The fourth-order valence-corrected chi connectivity index (χ4v) is 3.25. The number of hydrogen-bond donors (Lipinski definition) is 2. The van der Waals surface area contributed by atoms with E-state index < -0.39 is 5.97 Å². The van der Waals surface area contributed by atoms with E-state index in [4.69, 9.17) is 9.47 Å². The molecule has 0 amide bonds. The number of rotatable bonds is 5. The van der Waals surface area contributed by atoms with E-state index in [0.29, 0.717) is 11.5 Å². The Hall–Kier alpha value is -2.95. The number of ether oxygens (including phenoxy) is 2. The summed E-state index contributed by atoms with van der Waals surface area (Å²) in [4.78, 5) is 14.9. The van der Waals surface area contributed by atoms with Crippen molar-refractivity contribution < 1.29 is 19.4 Å². The molecule has 3 aromatic rings. The Kier molecular flexibility index (Phi) is 4.40. The molecule has 0 unspecified atom stereocenters. The number of aromatic amines is 1. The maximum Gasteiger partial charge on any atom is 0.307 e. The van der Waals surface area contributed by atoms with Crippen LogP contribution in [0.2, 0.25) is 0 Å². The summed E-state index contributed by atoms with van der Waals surface area (Å²) >= 11 is 0. The highest BCUT2D eigenvalue weighted by molar-refractivity contribution is 5.97. The van der Waals surface area contributed by atoms with Gasteiger partial charge in [-0.25, -0.2) is 0 Å². The Bertz CT molecular complexity index is 956. The van der Waals surface area contributed by atoms with Gasteiger partial charge in [0.1, 0.15) is 0 Å². The number of aryl methyl sites for hydroxylation is 2. The summed E-state index contributed by atoms with van der Waals surface area (Å²) in [6, 6.07) is 9.65. The van der Waals surface area contributed by atoms with Crippen LogP contribution in [0.5, 0.6) is 11.5 Å². The van der Waals surface area contributed by atoms with Gasteiger partial charge in [-0.15, -0.1) is 0 Å². The van der Waals surface area contributed by atoms with Gasteiger partial charge in [-0.05, 0) is 48.7 Å². The number of carboxylic acids is 1. The van der Waals surface area contributed by atoms with Gasteiger partial charge < -0.3 is 19.6 Å². The van der Waals surface area contributed by atoms with Crippen molar-refractivity contribution in [3.8, 4) is 22.8 Å². The predicted octanol–water partition coefficient (Wildman–Crippen LogP) is 4.10. The smallest absolute Gasteiger partial charge is 0.307 e. The van der Waals surface area contributed by atoms with Gasteiger partial charge in [-0.1, -0.05) is 12.1 Å². The molecule has 25 heavy (non-hydrogen) atoms. The fraction of sp³-hybridized carbons (Fsp3) is 0.250. The zero-order valence-corrected chi connectivity index (χ0v) is 14.8. The van der Waals surface area contributed by atoms with Crippen molar-refractivity contribution in [2.45, 2.75) is 20.3 Å². The molecule has 2 aromatic carbocycles. The normalized spacial score (nSPS) is 10.9. The van der Waals surface area contributed by atoms with Crippen LogP contribution >= 0.6 is 0 Å². The standard InChI is InChI=1S/C20H21NO4/c1-11-5-6-12(2)19-18(11)14(10-17(22)23)20(21-19)13-7-8-15(24-3)16(9-13)25-4/h5-9,21H,10H2,1-4H3,(H,22,23). The molecule has 0 spiro atoms. The molecule has 0 saturated heterocycles. The van der Waals surface area contributed by atoms with Gasteiger partial charge in [0.05, 0.1) is 26.3 Å². The van der Waals surface area contributed by atoms with E-state index in [2.05, 4.69) is 4.98 Å². The highest BCUT2D eigenvalue weighted by Crippen LogP contribution is 2.37. The number of aliphatic carboxylic acids is 1. The van der Waals surface area contributed by atoms with Gasteiger partial charge in [0.15, 0.2) is 11.5 Å².